The van der Waals surface area contributed by atoms with Crippen LogP contribution in [0.1, 0.15) is 30.9 Å². The van der Waals surface area contributed by atoms with Gasteiger partial charge in [-0.15, -0.1) is 0 Å². The molecule has 1 aliphatic carbocycles. The first-order valence-electron chi connectivity index (χ1n) is 8.40. The molecular formula is C18H25N3O2. The third-order valence-electron chi connectivity index (χ3n) is 4.76. The van der Waals surface area contributed by atoms with Gasteiger partial charge in [-0.25, -0.2) is 0 Å². The molecule has 0 saturated heterocycles. The molecule has 124 valence electrons. The van der Waals surface area contributed by atoms with Crippen LogP contribution in [-0.4, -0.2) is 53.8 Å². The first kappa shape index (κ1) is 16.0. The molecule has 0 bridgehead atoms. The average molecular weight is 315 g/mol. The number of benzene rings is 1. The molecular weight excluding hydrogens is 290 g/mol. The minimum atomic E-state index is -0.206. The second-order valence-electron chi connectivity index (χ2n) is 6.70. The Morgan fingerprint density at radius 3 is 2.70 bits per heavy atom. The van der Waals surface area contributed by atoms with E-state index in [1.807, 2.05) is 13.0 Å². The van der Waals surface area contributed by atoms with Crippen LogP contribution in [0.2, 0.25) is 0 Å². The standard InChI is InChI=1S/C18H25N3O2/c1-13(18(23)20(2)12-17(22)19-16-7-8-16)21-10-9-14-5-3-4-6-15(14)11-21/h3-6,13,16H,7-12H2,1-2H3,(H,19,22)/t13-/m0/s1. The van der Waals surface area contributed by atoms with E-state index >= 15 is 0 Å². The van der Waals surface area contributed by atoms with Gasteiger partial charge in [-0.1, -0.05) is 24.3 Å². The van der Waals surface area contributed by atoms with E-state index < -0.39 is 0 Å². The van der Waals surface area contributed by atoms with E-state index in [2.05, 4.69) is 28.4 Å². The number of hydrogen-bond donors (Lipinski definition) is 1. The molecule has 1 fully saturated rings. The SMILES string of the molecule is C[C@@H](C(=O)N(C)CC(=O)NC1CC1)N1CCc2ccccc2C1. The highest BCUT2D eigenvalue weighted by Gasteiger charge is 2.29. The van der Waals surface area contributed by atoms with Crippen LogP contribution in [0.4, 0.5) is 0 Å². The van der Waals surface area contributed by atoms with E-state index in [1.54, 1.807) is 11.9 Å². The Labute approximate surface area is 137 Å². The van der Waals surface area contributed by atoms with Gasteiger partial charge < -0.3 is 10.2 Å². The number of rotatable bonds is 5. The molecule has 0 aromatic heterocycles. The van der Waals surface area contributed by atoms with Crippen LogP contribution in [0, 0.1) is 0 Å². The maximum atomic E-state index is 12.6. The van der Waals surface area contributed by atoms with Crippen molar-refractivity contribution in [3.8, 4) is 0 Å². The summed E-state index contributed by atoms with van der Waals surface area (Å²) in [6.45, 7) is 3.76. The molecule has 1 heterocycles. The van der Waals surface area contributed by atoms with E-state index in [0.29, 0.717) is 6.04 Å². The van der Waals surface area contributed by atoms with E-state index in [9.17, 15) is 9.59 Å². The van der Waals surface area contributed by atoms with Crippen molar-refractivity contribution < 1.29 is 9.59 Å². The maximum absolute atomic E-state index is 12.6. The summed E-state index contributed by atoms with van der Waals surface area (Å²) in [4.78, 5) is 28.2. The molecule has 2 amide bonds. The van der Waals surface area contributed by atoms with E-state index in [4.69, 9.17) is 0 Å². The Bertz CT molecular complexity index is 598. The number of amides is 2. The summed E-state index contributed by atoms with van der Waals surface area (Å²) in [6, 6.07) is 8.53. The molecule has 0 spiro atoms. The van der Waals surface area contributed by atoms with Gasteiger partial charge >= 0.3 is 0 Å². The van der Waals surface area contributed by atoms with Crippen molar-refractivity contribution in [2.75, 3.05) is 20.1 Å². The molecule has 1 aromatic rings. The van der Waals surface area contributed by atoms with Crippen LogP contribution >= 0.6 is 0 Å². The predicted molar refractivity (Wildman–Crippen MR) is 88.8 cm³/mol. The van der Waals surface area contributed by atoms with Crippen molar-refractivity contribution in [2.24, 2.45) is 0 Å². The van der Waals surface area contributed by atoms with Crippen molar-refractivity contribution in [2.45, 2.75) is 44.8 Å². The fraction of sp³-hybridized carbons (Fsp3) is 0.556. The first-order valence-corrected chi connectivity index (χ1v) is 8.40. The number of hydrogen-bond acceptors (Lipinski definition) is 3. The molecule has 23 heavy (non-hydrogen) atoms. The molecule has 2 aliphatic rings. The zero-order valence-corrected chi connectivity index (χ0v) is 13.9. The third-order valence-corrected chi connectivity index (χ3v) is 4.76. The van der Waals surface area contributed by atoms with Crippen LogP contribution < -0.4 is 5.32 Å². The molecule has 5 nitrogen and oxygen atoms in total. The van der Waals surface area contributed by atoms with Crippen molar-refractivity contribution in [1.29, 1.82) is 0 Å². The Balaban J connectivity index is 1.55. The van der Waals surface area contributed by atoms with Crippen molar-refractivity contribution in [1.82, 2.24) is 15.1 Å². The lowest BCUT2D eigenvalue weighted by atomic mass is 9.98. The zero-order valence-electron chi connectivity index (χ0n) is 13.9. The Morgan fingerprint density at radius 1 is 1.30 bits per heavy atom. The summed E-state index contributed by atoms with van der Waals surface area (Å²) in [5.41, 5.74) is 2.67. The normalized spacial score (nSPS) is 18.9. The van der Waals surface area contributed by atoms with Crippen LogP contribution in [0.15, 0.2) is 24.3 Å². The highest BCUT2D eigenvalue weighted by molar-refractivity contribution is 5.87. The number of nitrogens with zero attached hydrogens (tertiary/aromatic N) is 2. The van der Waals surface area contributed by atoms with Crippen LogP contribution in [0.3, 0.4) is 0 Å². The number of nitrogens with one attached hydrogen (secondary N) is 1. The van der Waals surface area contributed by atoms with Crippen LogP contribution in [0.5, 0.6) is 0 Å². The van der Waals surface area contributed by atoms with Gasteiger partial charge in [0.1, 0.15) is 0 Å². The molecule has 1 aromatic carbocycles. The molecule has 0 unspecified atom stereocenters. The van der Waals surface area contributed by atoms with Crippen molar-refractivity contribution in [3.63, 3.8) is 0 Å². The minimum Gasteiger partial charge on any atom is -0.352 e. The summed E-state index contributed by atoms with van der Waals surface area (Å²) in [6.07, 6.45) is 3.10. The fourth-order valence-electron chi connectivity index (χ4n) is 3.12. The molecule has 1 atom stereocenters. The maximum Gasteiger partial charge on any atom is 0.239 e. The monoisotopic (exact) mass is 315 g/mol. The van der Waals surface area contributed by atoms with Crippen molar-refractivity contribution >= 4 is 11.8 Å². The van der Waals surface area contributed by atoms with E-state index in [0.717, 1.165) is 32.4 Å². The molecule has 1 aliphatic heterocycles. The van der Waals surface area contributed by atoms with Gasteiger partial charge in [-0.2, -0.15) is 0 Å². The van der Waals surface area contributed by atoms with Gasteiger partial charge in [0.15, 0.2) is 0 Å². The van der Waals surface area contributed by atoms with Gasteiger partial charge in [0.05, 0.1) is 12.6 Å². The number of carbonyl (C=O) groups is 2. The van der Waals surface area contributed by atoms with E-state index in [-0.39, 0.29) is 24.4 Å². The number of carbonyl (C=O) groups excluding carboxylic acids is 2. The molecule has 3 rings (SSSR count). The molecule has 1 N–H and O–H groups in total. The Hall–Kier alpha value is -1.88. The molecule has 0 radical (unpaired) electrons. The summed E-state index contributed by atoms with van der Waals surface area (Å²) in [7, 11) is 1.71. The third kappa shape index (κ3) is 3.91. The fourth-order valence-corrected chi connectivity index (χ4v) is 3.12. The topological polar surface area (TPSA) is 52.7 Å². The quantitative estimate of drug-likeness (QED) is 0.887. The highest BCUT2D eigenvalue weighted by atomic mass is 16.2. The summed E-state index contributed by atoms with van der Waals surface area (Å²) < 4.78 is 0. The van der Waals surface area contributed by atoms with Gasteiger partial charge in [-0.05, 0) is 37.3 Å². The first-order chi connectivity index (χ1) is 11.0. The lowest BCUT2D eigenvalue weighted by Gasteiger charge is -2.34. The summed E-state index contributed by atoms with van der Waals surface area (Å²) in [5, 5.41) is 2.92. The molecule has 5 heteroatoms. The number of fused-ring (bicyclic) bond motifs is 1. The van der Waals surface area contributed by atoms with Crippen LogP contribution in [0.25, 0.3) is 0 Å². The molecule has 1 saturated carbocycles. The largest absolute Gasteiger partial charge is 0.352 e. The lowest BCUT2D eigenvalue weighted by molar-refractivity contribution is -0.139. The van der Waals surface area contributed by atoms with E-state index in [1.165, 1.54) is 11.1 Å². The highest BCUT2D eigenvalue weighted by Crippen LogP contribution is 2.21. The second-order valence-corrected chi connectivity index (χ2v) is 6.70. The predicted octanol–water partition coefficient (Wildman–Crippen LogP) is 1.17. The zero-order chi connectivity index (χ0) is 16.4. The minimum absolute atomic E-state index is 0.00956. The summed E-state index contributed by atoms with van der Waals surface area (Å²) in [5.74, 6) is -0.0464. The average Bonchev–Trinajstić information content (AvgIpc) is 3.36. The Morgan fingerprint density at radius 2 is 2.00 bits per heavy atom. The number of likely N-dealkylation sites (N-methyl/N-ethyl adjacent to an activating group) is 1. The Kier molecular flexibility index (Phi) is 4.66. The van der Waals surface area contributed by atoms with Gasteiger partial charge in [0.25, 0.3) is 0 Å². The summed E-state index contributed by atoms with van der Waals surface area (Å²) >= 11 is 0. The van der Waals surface area contributed by atoms with Gasteiger partial charge in [0.2, 0.25) is 11.8 Å². The lowest BCUT2D eigenvalue weighted by Crippen LogP contribution is -2.49. The smallest absolute Gasteiger partial charge is 0.239 e. The van der Waals surface area contributed by atoms with Crippen molar-refractivity contribution in [3.05, 3.63) is 35.4 Å². The van der Waals surface area contributed by atoms with Crippen LogP contribution in [-0.2, 0) is 22.6 Å². The van der Waals surface area contributed by atoms with Gasteiger partial charge in [-0.3, -0.25) is 14.5 Å². The van der Waals surface area contributed by atoms with Gasteiger partial charge in [0, 0.05) is 26.2 Å². The second kappa shape index (κ2) is 6.71.